The Kier molecular flexibility index (Phi) is 3.76. The third-order valence-electron chi connectivity index (χ3n) is 1.61. The topological polar surface area (TPSA) is 39.1 Å². The number of hydrogen-bond donors (Lipinski definition) is 1. The molecule has 1 N–H and O–H groups in total. The number of ether oxygens (including phenoxy) is 1. The molecule has 0 saturated heterocycles. The molecule has 1 aromatic rings. The maximum atomic E-state index is 4.95. The van der Waals surface area contributed by atoms with Crippen molar-refractivity contribution in [1.29, 1.82) is 0 Å². The summed E-state index contributed by atoms with van der Waals surface area (Å²) in [4.78, 5) is 0. The first kappa shape index (κ1) is 10.1. The van der Waals surface area contributed by atoms with E-state index in [1.165, 1.54) is 0 Å². The zero-order valence-corrected chi connectivity index (χ0v) is 8.45. The second kappa shape index (κ2) is 4.87. The molecule has 1 heterocycles. The average molecular weight is 183 g/mol. The largest absolute Gasteiger partial charge is 0.383 e. The molecule has 0 aliphatic heterocycles. The maximum absolute atomic E-state index is 4.95. The smallest absolute Gasteiger partial charge is 0.0728 e. The van der Waals surface area contributed by atoms with Gasteiger partial charge in [0.25, 0.3) is 0 Å². The van der Waals surface area contributed by atoms with Gasteiger partial charge in [-0.3, -0.25) is 4.68 Å². The van der Waals surface area contributed by atoms with Crippen molar-refractivity contribution in [3.05, 3.63) is 12.4 Å². The molecule has 74 valence electrons. The number of aromatic nitrogens is 2. The average Bonchev–Trinajstić information content (AvgIpc) is 2.48. The van der Waals surface area contributed by atoms with Gasteiger partial charge < -0.3 is 10.1 Å². The number of nitrogens with one attached hydrogen (secondary N) is 1. The van der Waals surface area contributed by atoms with Crippen LogP contribution in [0.5, 0.6) is 0 Å². The van der Waals surface area contributed by atoms with E-state index < -0.39 is 0 Å². The van der Waals surface area contributed by atoms with Crippen molar-refractivity contribution in [2.45, 2.75) is 26.4 Å². The van der Waals surface area contributed by atoms with Crippen LogP contribution in [0.2, 0.25) is 0 Å². The summed E-state index contributed by atoms with van der Waals surface area (Å²) in [5.41, 5.74) is 1.06. The Morgan fingerprint density at radius 1 is 1.62 bits per heavy atom. The van der Waals surface area contributed by atoms with Crippen molar-refractivity contribution in [3.8, 4) is 0 Å². The van der Waals surface area contributed by atoms with Crippen LogP contribution in [0.25, 0.3) is 0 Å². The van der Waals surface area contributed by atoms with Gasteiger partial charge >= 0.3 is 0 Å². The van der Waals surface area contributed by atoms with Crippen LogP contribution in [0.15, 0.2) is 12.4 Å². The van der Waals surface area contributed by atoms with Crippen molar-refractivity contribution in [2.75, 3.05) is 19.0 Å². The molecule has 0 fully saturated rings. The maximum Gasteiger partial charge on any atom is 0.0728 e. The summed E-state index contributed by atoms with van der Waals surface area (Å²) < 4.78 is 6.82. The first-order valence-corrected chi connectivity index (χ1v) is 4.50. The molecule has 0 bridgehead atoms. The van der Waals surface area contributed by atoms with Gasteiger partial charge in [0.2, 0.25) is 0 Å². The number of anilines is 1. The molecule has 1 rings (SSSR count). The molecule has 13 heavy (non-hydrogen) atoms. The summed E-state index contributed by atoms with van der Waals surface area (Å²) in [6, 6.07) is 0.445. The summed E-state index contributed by atoms with van der Waals surface area (Å²) in [5.74, 6) is 0. The van der Waals surface area contributed by atoms with Crippen LogP contribution in [0.3, 0.4) is 0 Å². The number of nitrogens with zero attached hydrogens (tertiary/aromatic N) is 2. The van der Waals surface area contributed by atoms with E-state index in [-0.39, 0.29) is 0 Å². The minimum absolute atomic E-state index is 0.445. The lowest BCUT2D eigenvalue weighted by molar-refractivity contribution is 0.183. The summed E-state index contributed by atoms with van der Waals surface area (Å²) in [5, 5.41) is 7.46. The van der Waals surface area contributed by atoms with E-state index in [0.717, 1.165) is 12.2 Å². The third kappa shape index (κ3) is 3.46. The van der Waals surface area contributed by atoms with Gasteiger partial charge in [0.05, 0.1) is 25.0 Å². The van der Waals surface area contributed by atoms with Crippen molar-refractivity contribution in [2.24, 2.45) is 0 Å². The molecule has 0 aromatic carbocycles. The summed E-state index contributed by atoms with van der Waals surface area (Å²) in [7, 11) is 1.69. The molecule has 0 aliphatic carbocycles. The van der Waals surface area contributed by atoms with Crippen molar-refractivity contribution >= 4 is 5.69 Å². The second-order valence-electron chi connectivity index (χ2n) is 3.28. The molecule has 0 spiro atoms. The Morgan fingerprint density at radius 3 is 3.00 bits per heavy atom. The van der Waals surface area contributed by atoms with Gasteiger partial charge in [-0.15, -0.1) is 0 Å². The van der Waals surface area contributed by atoms with Crippen molar-refractivity contribution < 1.29 is 4.74 Å². The van der Waals surface area contributed by atoms with Gasteiger partial charge in [0.1, 0.15) is 0 Å². The van der Waals surface area contributed by atoms with Gasteiger partial charge in [-0.2, -0.15) is 5.10 Å². The summed E-state index contributed by atoms with van der Waals surface area (Å²) in [6.45, 7) is 5.71. The van der Waals surface area contributed by atoms with E-state index in [4.69, 9.17) is 4.74 Å². The Balaban J connectivity index is 2.44. The zero-order valence-electron chi connectivity index (χ0n) is 8.45. The molecule has 1 aromatic heterocycles. The Morgan fingerprint density at radius 2 is 2.38 bits per heavy atom. The molecule has 0 unspecified atom stereocenters. The van der Waals surface area contributed by atoms with E-state index in [2.05, 4.69) is 24.3 Å². The highest BCUT2D eigenvalue weighted by molar-refractivity contribution is 5.38. The lowest BCUT2D eigenvalue weighted by Gasteiger charge is -2.05. The third-order valence-corrected chi connectivity index (χ3v) is 1.61. The van der Waals surface area contributed by atoms with E-state index in [9.17, 15) is 0 Å². The van der Waals surface area contributed by atoms with Gasteiger partial charge in [-0.25, -0.2) is 0 Å². The zero-order chi connectivity index (χ0) is 9.68. The van der Waals surface area contributed by atoms with Crippen LogP contribution >= 0.6 is 0 Å². The fourth-order valence-electron chi connectivity index (χ4n) is 1.08. The first-order valence-electron chi connectivity index (χ1n) is 4.50. The Labute approximate surface area is 78.9 Å². The fraction of sp³-hybridized carbons (Fsp3) is 0.667. The van der Waals surface area contributed by atoms with E-state index >= 15 is 0 Å². The Bertz CT molecular complexity index is 245. The number of hydrogen-bond acceptors (Lipinski definition) is 3. The van der Waals surface area contributed by atoms with Crippen LogP contribution < -0.4 is 5.32 Å². The predicted molar refractivity (Wildman–Crippen MR) is 52.9 cm³/mol. The molecule has 4 heteroatoms. The second-order valence-corrected chi connectivity index (χ2v) is 3.28. The van der Waals surface area contributed by atoms with Crippen LogP contribution in [0.1, 0.15) is 13.8 Å². The highest BCUT2D eigenvalue weighted by atomic mass is 16.5. The number of methoxy groups -OCH3 is 1. The van der Waals surface area contributed by atoms with Crippen LogP contribution in [-0.2, 0) is 11.3 Å². The molecule has 0 radical (unpaired) electrons. The van der Waals surface area contributed by atoms with E-state index in [1.807, 2.05) is 17.1 Å². The van der Waals surface area contributed by atoms with E-state index in [0.29, 0.717) is 12.6 Å². The Hall–Kier alpha value is -1.03. The van der Waals surface area contributed by atoms with Crippen LogP contribution in [-0.4, -0.2) is 29.5 Å². The summed E-state index contributed by atoms with van der Waals surface area (Å²) in [6.07, 6.45) is 3.81. The predicted octanol–water partition coefficient (Wildman–Crippen LogP) is 1.35. The van der Waals surface area contributed by atoms with Gasteiger partial charge in [0.15, 0.2) is 0 Å². The van der Waals surface area contributed by atoms with Gasteiger partial charge in [0, 0.05) is 19.3 Å². The minimum atomic E-state index is 0.445. The fourth-order valence-corrected chi connectivity index (χ4v) is 1.08. The molecular weight excluding hydrogens is 166 g/mol. The molecule has 0 aliphatic rings. The van der Waals surface area contributed by atoms with Gasteiger partial charge in [-0.1, -0.05) is 0 Å². The molecule has 4 nitrogen and oxygen atoms in total. The minimum Gasteiger partial charge on any atom is -0.383 e. The molecule has 0 atom stereocenters. The number of rotatable bonds is 5. The monoisotopic (exact) mass is 183 g/mol. The highest BCUT2D eigenvalue weighted by Crippen LogP contribution is 2.05. The lowest BCUT2D eigenvalue weighted by Crippen LogP contribution is -2.09. The standard InChI is InChI=1S/C9H17N3O/c1-8(2)11-9-6-10-12(7-9)4-5-13-3/h6-8,11H,4-5H2,1-3H3. The van der Waals surface area contributed by atoms with Crippen molar-refractivity contribution in [3.63, 3.8) is 0 Å². The van der Waals surface area contributed by atoms with Gasteiger partial charge in [-0.05, 0) is 13.8 Å². The van der Waals surface area contributed by atoms with Crippen LogP contribution in [0, 0.1) is 0 Å². The first-order chi connectivity index (χ1) is 6.22. The van der Waals surface area contributed by atoms with E-state index in [1.54, 1.807) is 7.11 Å². The SMILES string of the molecule is COCCn1cc(NC(C)C)cn1. The lowest BCUT2D eigenvalue weighted by atomic mass is 10.4. The molecule has 0 amide bonds. The highest BCUT2D eigenvalue weighted by Gasteiger charge is 1.98. The molecule has 0 saturated carbocycles. The normalized spacial score (nSPS) is 10.8. The van der Waals surface area contributed by atoms with Crippen LogP contribution in [0.4, 0.5) is 5.69 Å². The van der Waals surface area contributed by atoms with Crippen molar-refractivity contribution in [1.82, 2.24) is 9.78 Å². The molecular formula is C9H17N3O. The summed E-state index contributed by atoms with van der Waals surface area (Å²) >= 11 is 0. The quantitative estimate of drug-likeness (QED) is 0.749.